The van der Waals surface area contributed by atoms with Gasteiger partial charge < -0.3 is 24.1 Å². The maximum Gasteiger partial charge on any atom is 0.227 e. The quantitative estimate of drug-likeness (QED) is 0.757. The molecule has 0 aromatic heterocycles. The van der Waals surface area contributed by atoms with Crippen molar-refractivity contribution in [1.29, 1.82) is 0 Å². The van der Waals surface area contributed by atoms with Crippen molar-refractivity contribution in [2.75, 3.05) is 33.9 Å². The van der Waals surface area contributed by atoms with Crippen LogP contribution < -0.4 is 9.47 Å². The van der Waals surface area contributed by atoms with Crippen LogP contribution in [0.15, 0.2) is 24.3 Å². The topological polar surface area (TPSA) is 60.4 Å². The van der Waals surface area contributed by atoms with Gasteiger partial charge >= 0.3 is 0 Å². The van der Waals surface area contributed by atoms with Crippen LogP contribution in [0.4, 0.5) is 0 Å². The van der Waals surface area contributed by atoms with Crippen LogP contribution in [0.1, 0.15) is 17.5 Å². The number of piperidine rings is 1. The molecule has 2 saturated heterocycles. The van der Waals surface area contributed by atoms with Gasteiger partial charge in [-0.3, -0.25) is 4.90 Å². The SMILES string of the molecule is COc1ccc2c3c1O[C@H]1C4(C=C[C@@]5(O)[C@@H](C2)N(C)CC[C@]315)OCCO4. The Morgan fingerprint density at radius 1 is 1.23 bits per heavy atom. The summed E-state index contributed by atoms with van der Waals surface area (Å²) in [6, 6.07) is 4.10. The van der Waals surface area contributed by atoms with E-state index in [9.17, 15) is 5.11 Å². The second-order valence-electron chi connectivity index (χ2n) is 8.13. The summed E-state index contributed by atoms with van der Waals surface area (Å²) in [5.74, 6) is 0.518. The third kappa shape index (κ3) is 1.44. The lowest BCUT2D eigenvalue weighted by Gasteiger charge is -2.62. The number of nitrogens with zero attached hydrogens (tertiary/aromatic N) is 1. The number of fused-ring (bicyclic) bond motifs is 1. The fourth-order valence-electron chi connectivity index (χ4n) is 6.13. The maximum atomic E-state index is 12.0. The molecular formula is C20H23NO5. The normalized spacial score (nSPS) is 41.2. The third-order valence-corrected chi connectivity index (χ3v) is 7.26. The van der Waals surface area contributed by atoms with Gasteiger partial charge in [-0.25, -0.2) is 0 Å². The van der Waals surface area contributed by atoms with Crippen LogP contribution in [0.3, 0.4) is 0 Å². The lowest BCUT2D eigenvalue weighted by Crippen LogP contribution is -2.77. The molecule has 4 atom stereocenters. The van der Waals surface area contributed by atoms with Gasteiger partial charge in [0.15, 0.2) is 17.6 Å². The van der Waals surface area contributed by atoms with E-state index in [0.29, 0.717) is 19.0 Å². The van der Waals surface area contributed by atoms with Crippen molar-refractivity contribution in [3.05, 3.63) is 35.4 Å². The van der Waals surface area contributed by atoms with Gasteiger partial charge in [-0.1, -0.05) is 6.07 Å². The smallest absolute Gasteiger partial charge is 0.227 e. The maximum absolute atomic E-state index is 12.0. The Labute approximate surface area is 152 Å². The first-order valence-corrected chi connectivity index (χ1v) is 9.34. The van der Waals surface area contributed by atoms with Crippen molar-refractivity contribution in [2.24, 2.45) is 0 Å². The van der Waals surface area contributed by atoms with Crippen molar-refractivity contribution in [3.63, 3.8) is 0 Å². The number of rotatable bonds is 1. The van der Waals surface area contributed by atoms with E-state index in [4.69, 9.17) is 18.9 Å². The van der Waals surface area contributed by atoms with Crippen molar-refractivity contribution in [3.8, 4) is 11.5 Å². The molecule has 3 heterocycles. The minimum absolute atomic E-state index is 0.00389. The van der Waals surface area contributed by atoms with Crippen LogP contribution in [0.25, 0.3) is 0 Å². The van der Waals surface area contributed by atoms with Crippen molar-refractivity contribution in [2.45, 2.75) is 41.8 Å². The number of aliphatic hydroxyl groups is 1. The minimum Gasteiger partial charge on any atom is -0.493 e. The summed E-state index contributed by atoms with van der Waals surface area (Å²) in [6.07, 6.45) is 4.96. The second kappa shape index (κ2) is 4.62. The van der Waals surface area contributed by atoms with Crippen molar-refractivity contribution in [1.82, 2.24) is 4.90 Å². The molecule has 26 heavy (non-hydrogen) atoms. The third-order valence-electron chi connectivity index (χ3n) is 7.26. The number of benzene rings is 1. The van der Waals surface area contributed by atoms with E-state index >= 15 is 0 Å². The van der Waals surface area contributed by atoms with Gasteiger partial charge in [0, 0.05) is 11.6 Å². The van der Waals surface area contributed by atoms with Gasteiger partial charge in [0.05, 0.1) is 25.7 Å². The van der Waals surface area contributed by atoms with Crippen LogP contribution in [0.2, 0.25) is 0 Å². The molecular weight excluding hydrogens is 334 g/mol. The number of hydrogen-bond donors (Lipinski definition) is 1. The molecule has 6 rings (SSSR count). The minimum atomic E-state index is -1.02. The van der Waals surface area contributed by atoms with Gasteiger partial charge in [-0.2, -0.15) is 0 Å². The average Bonchev–Trinajstić information content (AvgIpc) is 3.24. The highest BCUT2D eigenvalue weighted by Gasteiger charge is 2.75. The fraction of sp³-hybridized carbons (Fsp3) is 0.600. The molecule has 0 saturated carbocycles. The highest BCUT2D eigenvalue weighted by atomic mass is 16.8. The Morgan fingerprint density at radius 3 is 2.81 bits per heavy atom. The Bertz CT molecular complexity index is 832. The molecule has 1 aromatic rings. The van der Waals surface area contributed by atoms with Crippen molar-refractivity contribution < 1.29 is 24.1 Å². The molecule has 6 nitrogen and oxygen atoms in total. The molecule has 0 unspecified atom stereocenters. The number of likely N-dealkylation sites (N-methyl/N-ethyl adjacent to an activating group) is 1. The molecule has 0 amide bonds. The van der Waals surface area contributed by atoms with E-state index in [1.54, 1.807) is 7.11 Å². The predicted molar refractivity (Wildman–Crippen MR) is 92.6 cm³/mol. The predicted octanol–water partition coefficient (Wildman–Crippen LogP) is 0.998. The lowest BCUT2D eigenvalue weighted by molar-refractivity contribution is -0.237. The Hall–Kier alpha value is -1.60. The largest absolute Gasteiger partial charge is 0.493 e. The van der Waals surface area contributed by atoms with Gasteiger partial charge in [0.1, 0.15) is 5.60 Å². The first-order chi connectivity index (χ1) is 12.6. The molecule has 6 heteroatoms. The second-order valence-corrected chi connectivity index (χ2v) is 8.13. The Kier molecular flexibility index (Phi) is 2.75. The highest BCUT2D eigenvalue weighted by molar-refractivity contribution is 5.64. The van der Waals surface area contributed by atoms with Gasteiger partial charge in [-0.15, -0.1) is 0 Å². The summed E-state index contributed by atoms with van der Waals surface area (Å²) in [5.41, 5.74) is 0.723. The summed E-state index contributed by atoms with van der Waals surface area (Å²) < 4.78 is 24.3. The Balaban J connectivity index is 1.69. The van der Waals surface area contributed by atoms with E-state index in [1.807, 2.05) is 18.2 Å². The lowest BCUT2D eigenvalue weighted by atomic mass is 9.50. The van der Waals surface area contributed by atoms with E-state index in [0.717, 1.165) is 30.7 Å². The zero-order valence-corrected chi connectivity index (χ0v) is 15.0. The molecule has 2 fully saturated rings. The van der Waals surface area contributed by atoms with E-state index < -0.39 is 22.9 Å². The molecule has 0 radical (unpaired) electrons. The van der Waals surface area contributed by atoms with Crippen LogP contribution in [-0.4, -0.2) is 67.5 Å². The first-order valence-electron chi connectivity index (χ1n) is 9.34. The van der Waals surface area contributed by atoms with Crippen LogP contribution >= 0.6 is 0 Å². The zero-order valence-electron chi connectivity index (χ0n) is 15.0. The molecule has 2 bridgehead atoms. The first kappa shape index (κ1) is 15.5. The monoisotopic (exact) mass is 357 g/mol. The molecule has 3 aliphatic heterocycles. The summed E-state index contributed by atoms with van der Waals surface area (Å²) in [7, 11) is 3.75. The van der Waals surface area contributed by atoms with E-state index in [-0.39, 0.29) is 6.04 Å². The number of likely N-dealkylation sites (tertiary alicyclic amines) is 1. The summed E-state index contributed by atoms with van der Waals surface area (Å²) in [5, 5.41) is 12.0. The molecule has 2 aliphatic carbocycles. The molecule has 1 N–H and O–H groups in total. The van der Waals surface area contributed by atoms with Crippen molar-refractivity contribution >= 4 is 0 Å². The zero-order chi connectivity index (χ0) is 17.7. The van der Waals surface area contributed by atoms with Crippen LogP contribution in [-0.2, 0) is 21.3 Å². The van der Waals surface area contributed by atoms with Crippen LogP contribution in [0.5, 0.6) is 11.5 Å². The Morgan fingerprint density at radius 2 is 2.04 bits per heavy atom. The summed E-state index contributed by atoms with van der Waals surface area (Å²) in [6.45, 7) is 1.96. The van der Waals surface area contributed by atoms with E-state index in [2.05, 4.69) is 18.0 Å². The fourth-order valence-corrected chi connectivity index (χ4v) is 6.13. The van der Waals surface area contributed by atoms with Gasteiger partial charge in [-0.05, 0) is 50.2 Å². The number of methoxy groups -OCH3 is 1. The number of hydrogen-bond acceptors (Lipinski definition) is 6. The molecule has 5 aliphatic rings. The standard InChI is InChI=1S/C20H23NO5/c1-21-8-7-18-15-12-3-4-13(23-2)16(15)26-17(18)20(24-9-10-25-20)6-5-19(18,22)14(21)11-12/h3-6,14,17,22H,7-11H2,1-2H3/t14-,17-,18+,19-/m1/s1. The van der Waals surface area contributed by atoms with Gasteiger partial charge in [0.25, 0.3) is 0 Å². The highest BCUT2D eigenvalue weighted by Crippen LogP contribution is 2.66. The number of ether oxygens (including phenoxy) is 4. The molecule has 1 aromatic carbocycles. The van der Waals surface area contributed by atoms with E-state index in [1.165, 1.54) is 5.56 Å². The van der Waals surface area contributed by atoms with Crippen LogP contribution in [0, 0.1) is 0 Å². The summed E-state index contributed by atoms with van der Waals surface area (Å²) in [4.78, 5) is 2.27. The molecule has 138 valence electrons. The average molecular weight is 357 g/mol. The summed E-state index contributed by atoms with van der Waals surface area (Å²) >= 11 is 0. The van der Waals surface area contributed by atoms with Gasteiger partial charge in [0.2, 0.25) is 5.79 Å². The molecule has 2 spiro atoms.